The molecule has 4 aliphatic rings. The van der Waals surface area contributed by atoms with Gasteiger partial charge in [-0.15, -0.1) is 0 Å². The van der Waals surface area contributed by atoms with E-state index in [2.05, 4.69) is 12.1 Å². The van der Waals surface area contributed by atoms with E-state index in [1.54, 1.807) is 0 Å². The van der Waals surface area contributed by atoms with Crippen molar-refractivity contribution in [3.63, 3.8) is 0 Å². The molecule has 2 N–H and O–H groups in total. The van der Waals surface area contributed by atoms with Crippen molar-refractivity contribution in [2.24, 2.45) is 35.3 Å². The summed E-state index contributed by atoms with van der Waals surface area (Å²) in [5, 5.41) is 0.881. The molecule has 0 aromatic heterocycles. The Labute approximate surface area is 126 Å². The van der Waals surface area contributed by atoms with Gasteiger partial charge in [0.25, 0.3) is 0 Å². The quantitative estimate of drug-likeness (QED) is 0.883. The molecule has 1 aromatic carbocycles. The van der Waals surface area contributed by atoms with Crippen LogP contribution in [-0.2, 0) is 6.42 Å². The molecule has 0 saturated heterocycles. The summed E-state index contributed by atoms with van der Waals surface area (Å²) in [4.78, 5) is 0. The highest BCUT2D eigenvalue weighted by atomic mass is 35.5. The minimum Gasteiger partial charge on any atom is -0.327 e. The fourth-order valence-electron chi connectivity index (χ4n) is 5.72. The molecule has 0 amide bonds. The van der Waals surface area contributed by atoms with E-state index in [1.165, 1.54) is 37.7 Å². The Morgan fingerprint density at radius 1 is 1.00 bits per heavy atom. The lowest BCUT2D eigenvalue weighted by Gasteiger charge is -2.56. The van der Waals surface area contributed by atoms with Gasteiger partial charge in [0.1, 0.15) is 0 Å². The van der Waals surface area contributed by atoms with Crippen molar-refractivity contribution in [1.82, 2.24) is 0 Å². The molecular formula is C18H24ClN. The van der Waals surface area contributed by atoms with Gasteiger partial charge >= 0.3 is 0 Å². The van der Waals surface area contributed by atoms with E-state index >= 15 is 0 Å². The maximum absolute atomic E-state index is 6.64. The van der Waals surface area contributed by atoms with Gasteiger partial charge in [-0.05, 0) is 79.7 Å². The van der Waals surface area contributed by atoms with Crippen molar-refractivity contribution in [2.75, 3.05) is 0 Å². The molecule has 5 rings (SSSR count). The first-order valence-electron chi connectivity index (χ1n) is 8.19. The summed E-state index contributed by atoms with van der Waals surface area (Å²) in [6, 6.07) is 8.49. The number of halogens is 1. The molecule has 0 heterocycles. The van der Waals surface area contributed by atoms with Crippen LogP contribution in [-0.4, -0.2) is 6.04 Å². The van der Waals surface area contributed by atoms with Crippen molar-refractivity contribution in [2.45, 2.75) is 44.6 Å². The van der Waals surface area contributed by atoms with Crippen molar-refractivity contribution < 1.29 is 0 Å². The van der Waals surface area contributed by atoms with Crippen LogP contribution in [0, 0.1) is 29.6 Å². The first kappa shape index (κ1) is 13.2. The lowest BCUT2D eigenvalue weighted by Crippen LogP contribution is -2.52. The number of hydrogen-bond acceptors (Lipinski definition) is 1. The van der Waals surface area contributed by atoms with E-state index in [0.717, 1.165) is 41.0 Å². The van der Waals surface area contributed by atoms with E-state index in [1.807, 2.05) is 12.1 Å². The topological polar surface area (TPSA) is 26.0 Å². The molecule has 1 aromatic rings. The van der Waals surface area contributed by atoms with E-state index in [9.17, 15) is 0 Å². The third kappa shape index (κ3) is 2.19. The van der Waals surface area contributed by atoms with Gasteiger partial charge < -0.3 is 5.73 Å². The normalized spacial score (nSPS) is 40.0. The summed E-state index contributed by atoms with van der Waals surface area (Å²) >= 11 is 6.30. The van der Waals surface area contributed by atoms with Gasteiger partial charge in [-0.3, -0.25) is 0 Å². The van der Waals surface area contributed by atoms with E-state index in [0.29, 0.717) is 6.04 Å². The predicted octanol–water partition coefficient (Wildman–Crippen LogP) is 4.28. The highest BCUT2D eigenvalue weighted by Crippen LogP contribution is 2.57. The van der Waals surface area contributed by atoms with Crippen LogP contribution in [0.5, 0.6) is 0 Å². The van der Waals surface area contributed by atoms with Gasteiger partial charge in [0.2, 0.25) is 0 Å². The molecule has 4 fully saturated rings. The summed E-state index contributed by atoms with van der Waals surface area (Å²) in [6.07, 6.45) is 8.27. The van der Waals surface area contributed by atoms with Gasteiger partial charge in [-0.2, -0.15) is 0 Å². The van der Waals surface area contributed by atoms with Gasteiger partial charge in [0, 0.05) is 11.1 Å². The molecule has 20 heavy (non-hydrogen) atoms. The monoisotopic (exact) mass is 289 g/mol. The van der Waals surface area contributed by atoms with Gasteiger partial charge in [0.05, 0.1) is 0 Å². The largest absolute Gasteiger partial charge is 0.327 e. The number of benzene rings is 1. The number of rotatable bonds is 3. The molecule has 1 unspecified atom stereocenters. The summed E-state index contributed by atoms with van der Waals surface area (Å²) in [6.45, 7) is 0. The predicted molar refractivity (Wildman–Crippen MR) is 83.7 cm³/mol. The van der Waals surface area contributed by atoms with Crippen molar-refractivity contribution >= 4 is 11.6 Å². The second-order valence-electron chi connectivity index (χ2n) is 7.47. The summed E-state index contributed by atoms with van der Waals surface area (Å²) in [5.74, 6) is 4.62. The molecule has 1 nitrogen and oxygen atoms in total. The van der Waals surface area contributed by atoms with Crippen LogP contribution >= 0.6 is 11.6 Å². The first-order chi connectivity index (χ1) is 9.70. The molecule has 1 atom stereocenters. The fourth-order valence-corrected chi connectivity index (χ4v) is 5.93. The Morgan fingerprint density at radius 3 is 2.20 bits per heavy atom. The van der Waals surface area contributed by atoms with Crippen LogP contribution in [0.1, 0.15) is 37.7 Å². The molecule has 0 radical (unpaired) electrons. The minimum atomic E-state index is 0.296. The summed E-state index contributed by atoms with van der Waals surface area (Å²) in [7, 11) is 0. The zero-order valence-electron chi connectivity index (χ0n) is 12.0. The Morgan fingerprint density at radius 2 is 1.60 bits per heavy atom. The van der Waals surface area contributed by atoms with E-state index in [-0.39, 0.29) is 0 Å². The van der Waals surface area contributed by atoms with Crippen LogP contribution in [0.15, 0.2) is 24.3 Å². The van der Waals surface area contributed by atoms with Gasteiger partial charge in [-0.25, -0.2) is 0 Å². The average molecular weight is 290 g/mol. The van der Waals surface area contributed by atoms with E-state index < -0.39 is 0 Å². The SMILES string of the molecule is NC(Cc1ccccc1Cl)C1C2CC3CC(C2)CC1C3. The number of nitrogens with two attached hydrogens (primary N) is 1. The van der Waals surface area contributed by atoms with Crippen LogP contribution in [0.3, 0.4) is 0 Å². The molecule has 4 bridgehead atoms. The molecule has 108 valence electrons. The van der Waals surface area contributed by atoms with Crippen molar-refractivity contribution in [1.29, 1.82) is 0 Å². The van der Waals surface area contributed by atoms with Crippen molar-refractivity contribution in [3.05, 3.63) is 34.9 Å². The molecule has 4 saturated carbocycles. The molecule has 2 heteroatoms. The van der Waals surface area contributed by atoms with Gasteiger partial charge in [0.15, 0.2) is 0 Å². The van der Waals surface area contributed by atoms with Crippen LogP contribution in [0.25, 0.3) is 0 Å². The highest BCUT2D eigenvalue weighted by molar-refractivity contribution is 6.31. The lowest BCUT2D eigenvalue weighted by atomic mass is 9.50. The fraction of sp³-hybridized carbons (Fsp3) is 0.667. The Kier molecular flexibility index (Phi) is 3.31. The van der Waals surface area contributed by atoms with E-state index in [4.69, 9.17) is 17.3 Å². The maximum Gasteiger partial charge on any atom is 0.0438 e. The zero-order valence-corrected chi connectivity index (χ0v) is 12.7. The Balaban J connectivity index is 1.51. The maximum atomic E-state index is 6.64. The summed E-state index contributed by atoms with van der Waals surface area (Å²) in [5.41, 5.74) is 7.87. The van der Waals surface area contributed by atoms with Gasteiger partial charge in [-0.1, -0.05) is 29.8 Å². The Hall–Kier alpha value is -0.530. The minimum absolute atomic E-state index is 0.296. The second-order valence-corrected chi connectivity index (χ2v) is 7.87. The average Bonchev–Trinajstić information content (AvgIpc) is 2.40. The first-order valence-corrected chi connectivity index (χ1v) is 8.57. The standard InChI is InChI=1S/C18H24ClN/c19-16-4-2-1-3-13(16)10-17(20)18-14-6-11-5-12(8-14)9-15(18)7-11/h1-4,11-12,14-15,17-18H,5-10,20H2. The molecule has 0 aliphatic heterocycles. The lowest BCUT2D eigenvalue weighted by molar-refractivity contribution is -0.0464. The third-order valence-corrected chi connectivity index (χ3v) is 6.58. The summed E-state index contributed by atoms with van der Waals surface area (Å²) < 4.78 is 0. The zero-order chi connectivity index (χ0) is 13.7. The smallest absolute Gasteiger partial charge is 0.0438 e. The third-order valence-electron chi connectivity index (χ3n) is 6.21. The Bertz CT molecular complexity index is 470. The van der Waals surface area contributed by atoms with Crippen LogP contribution < -0.4 is 5.73 Å². The van der Waals surface area contributed by atoms with Crippen molar-refractivity contribution in [3.8, 4) is 0 Å². The molecule has 4 aliphatic carbocycles. The highest BCUT2D eigenvalue weighted by Gasteiger charge is 2.49. The molecular weight excluding hydrogens is 266 g/mol. The van der Waals surface area contributed by atoms with Crippen LogP contribution in [0.2, 0.25) is 5.02 Å². The number of hydrogen-bond donors (Lipinski definition) is 1. The second kappa shape index (κ2) is 5.03. The van der Waals surface area contributed by atoms with Crippen LogP contribution in [0.4, 0.5) is 0 Å². The molecule has 0 spiro atoms.